The van der Waals surface area contributed by atoms with Crippen LogP contribution in [-0.2, 0) is 9.53 Å². The lowest BCUT2D eigenvalue weighted by Crippen LogP contribution is -2.19. The molecular weight excluding hydrogens is 354 g/mol. The monoisotopic (exact) mass is 366 g/mol. The molecule has 0 N–H and O–H groups in total. The highest BCUT2D eigenvalue weighted by Gasteiger charge is 2.34. The molecule has 0 bridgehead atoms. The Kier molecular flexibility index (Phi) is 6.62. The summed E-state index contributed by atoms with van der Waals surface area (Å²) in [7, 11) is 0. The second kappa shape index (κ2) is 7.74. The summed E-state index contributed by atoms with van der Waals surface area (Å²) in [6, 6.07) is 6.80. The lowest BCUT2D eigenvalue weighted by atomic mass is 10.1. The van der Waals surface area contributed by atoms with Gasteiger partial charge < -0.3 is 4.74 Å². The van der Waals surface area contributed by atoms with Gasteiger partial charge in [0.15, 0.2) is 0 Å². The van der Waals surface area contributed by atoms with Gasteiger partial charge in [0.2, 0.25) is 5.78 Å². The molecule has 0 aliphatic rings. The molecule has 20 heavy (non-hydrogen) atoms. The first-order valence-corrected chi connectivity index (χ1v) is 7.23. The summed E-state index contributed by atoms with van der Waals surface area (Å²) >= 11 is 7.98. The van der Waals surface area contributed by atoms with Crippen molar-refractivity contribution in [1.29, 1.82) is 0 Å². The Bertz CT molecular complexity index is 481. The zero-order valence-electron chi connectivity index (χ0n) is 10.8. The van der Waals surface area contributed by atoms with E-state index in [1.165, 1.54) is 0 Å². The van der Waals surface area contributed by atoms with Crippen LogP contribution in [0.3, 0.4) is 0 Å². The molecule has 2 nitrogen and oxygen atoms in total. The highest BCUT2D eigenvalue weighted by Crippen LogP contribution is 2.25. The van der Waals surface area contributed by atoms with Gasteiger partial charge in [-0.25, -0.2) is 0 Å². The number of alkyl halides is 3. The van der Waals surface area contributed by atoms with Gasteiger partial charge in [-0.15, -0.1) is 0 Å². The Morgan fingerprint density at radius 3 is 2.50 bits per heavy atom. The van der Waals surface area contributed by atoms with E-state index in [0.29, 0.717) is 12.2 Å². The van der Waals surface area contributed by atoms with Crippen LogP contribution < -0.4 is 0 Å². The number of benzene rings is 1. The summed E-state index contributed by atoms with van der Waals surface area (Å²) in [6.07, 6.45) is 2.40. The van der Waals surface area contributed by atoms with Crippen molar-refractivity contribution >= 4 is 39.1 Å². The van der Waals surface area contributed by atoms with Crippen molar-refractivity contribution in [3.63, 3.8) is 0 Å². The third-order valence-electron chi connectivity index (χ3n) is 2.43. The molecule has 1 aromatic rings. The second-order valence-corrected chi connectivity index (χ2v) is 5.47. The SMILES string of the molecule is CCCCOC(=CC(=O)C(F)(F)Cl)c1ccc(Br)cc1. The average Bonchev–Trinajstić information content (AvgIpc) is 2.37. The molecule has 1 rings (SSSR count). The highest BCUT2D eigenvalue weighted by atomic mass is 79.9. The first-order chi connectivity index (χ1) is 9.34. The fraction of sp³-hybridized carbons (Fsp3) is 0.357. The molecule has 0 aromatic heterocycles. The fourth-order valence-electron chi connectivity index (χ4n) is 1.35. The Morgan fingerprint density at radius 1 is 1.40 bits per heavy atom. The van der Waals surface area contributed by atoms with Gasteiger partial charge in [0.25, 0.3) is 0 Å². The minimum atomic E-state index is -3.92. The third-order valence-corrected chi connectivity index (χ3v) is 3.14. The standard InChI is InChI=1S/C14H14BrClF2O2/c1-2-3-8-20-12(9-13(19)14(16,17)18)10-4-6-11(15)7-5-10/h4-7,9H,2-3,8H2,1H3. The van der Waals surface area contributed by atoms with Crippen LogP contribution in [0.25, 0.3) is 5.76 Å². The fourth-order valence-corrected chi connectivity index (χ4v) is 1.67. The maximum atomic E-state index is 12.8. The van der Waals surface area contributed by atoms with Crippen molar-refractivity contribution in [3.8, 4) is 0 Å². The number of rotatable bonds is 7. The number of ether oxygens (including phenoxy) is 1. The summed E-state index contributed by atoms with van der Waals surface area (Å²) in [5.74, 6) is -1.40. The zero-order chi connectivity index (χ0) is 15.2. The van der Waals surface area contributed by atoms with Crippen molar-refractivity contribution in [3.05, 3.63) is 40.4 Å². The maximum Gasteiger partial charge on any atom is 0.384 e. The summed E-state index contributed by atoms with van der Waals surface area (Å²) < 4.78 is 31.7. The van der Waals surface area contributed by atoms with E-state index < -0.39 is 11.2 Å². The van der Waals surface area contributed by atoms with E-state index in [-0.39, 0.29) is 5.76 Å². The van der Waals surface area contributed by atoms with Gasteiger partial charge in [0.1, 0.15) is 5.76 Å². The van der Waals surface area contributed by atoms with Gasteiger partial charge in [-0.1, -0.05) is 41.4 Å². The first kappa shape index (κ1) is 17.1. The molecule has 0 heterocycles. The molecule has 0 saturated carbocycles. The minimum Gasteiger partial charge on any atom is -0.493 e. The quantitative estimate of drug-likeness (QED) is 0.293. The van der Waals surface area contributed by atoms with Gasteiger partial charge in [0.05, 0.1) is 6.61 Å². The predicted molar refractivity (Wildman–Crippen MR) is 78.8 cm³/mol. The molecule has 0 atom stereocenters. The second-order valence-electron chi connectivity index (χ2n) is 4.08. The number of hydrogen-bond donors (Lipinski definition) is 0. The van der Waals surface area contributed by atoms with Crippen molar-refractivity contribution in [1.82, 2.24) is 0 Å². The van der Waals surface area contributed by atoms with Crippen LogP contribution in [0.4, 0.5) is 8.78 Å². The average molecular weight is 368 g/mol. The number of carbonyl (C=O) groups is 1. The van der Waals surface area contributed by atoms with E-state index in [1.54, 1.807) is 24.3 Å². The number of halogens is 4. The molecule has 0 amide bonds. The normalized spacial score (nSPS) is 12.3. The largest absolute Gasteiger partial charge is 0.493 e. The molecule has 0 unspecified atom stereocenters. The lowest BCUT2D eigenvalue weighted by molar-refractivity contribution is -0.128. The molecule has 0 saturated heterocycles. The summed E-state index contributed by atoms with van der Waals surface area (Å²) in [5.41, 5.74) is 0.540. The van der Waals surface area contributed by atoms with E-state index >= 15 is 0 Å². The van der Waals surface area contributed by atoms with Gasteiger partial charge in [-0.05, 0) is 30.2 Å². The molecule has 110 valence electrons. The summed E-state index contributed by atoms with van der Waals surface area (Å²) in [4.78, 5) is 11.3. The number of ketones is 1. The number of carbonyl (C=O) groups excluding carboxylic acids is 1. The van der Waals surface area contributed by atoms with Crippen LogP contribution >= 0.6 is 27.5 Å². The molecular formula is C14H14BrClF2O2. The number of hydrogen-bond acceptors (Lipinski definition) is 2. The molecule has 6 heteroatoms. The third kappa shape index (κ3) is 5.59. The van der Waals surface area contributed by atoms with Crippen LogP contribution in [-0.4, -0.2) is 17.8 Å². The van der Waals surface area contributed by atoms with Crippen LogP contribution in [0.1, 0.15) is 25.3 Å². The molecule has 0 aliphatic heterocycles. The highest BCUT2D eigenvalue weighted by molar-refractivity contribution is 9.10. The van der Waals surface area contributed by atoms with E-state index in [9.17, 15) is 13.6 Å². The van der Waals surface area contributed by atoms with Crippen molar-refractivity contribution < 1.29 is 18.3 Å². The topological polar surface area (TPSA) is 26.3 Å². The van der Waals surface area contributed by atoms with Crippen molar-refractivity contribution in [2.75, 3.05) is 6.61 Å². The molecule has 0 fully saturated rings. The number of allylic oxidation sites excluding steroid dienone is 1. The van der Waals surface area contributed by atoms with E-state index in [2.05, 4.69) is 15.9 Å². The van der Waals surface area contributed by atoms with Crippen LogP contribution in [0.2, 0.25) is 0 Å². The van der Waals surface area contributed by atoms with Crippen molar-refractivity contribution in [2.45, 2.75) is 25.1 Å². The maximum absolute atomic E-state index is 12.8. The van der Waals surface area contributed by atoms with Gasteiger partial charge >= 0.3 is 5.38 Å². The van der Waals surface area contributed by atoms with E-state index in [1.807, 2.05) is 6.92 Å². The van der Waals surface area contributed by atoms with Gasteiger partial charge in [0, 0.05) is 16.1 Å². The summed E-state index contributed by atoms with van der Waals surface area (Å²) in [6.45, 7) is 2.32. The van der Waals surface area contributed by atoms with Gasteiger partial charge in [-0.2, -0.15) is 8.78 Å². The summed E-state index contributed by atoms with van der Waals surface area (Å²) in [5, 5.41) is -3.92. The van der Waals surface area contributed by atoms with Crippen LogP contribution in [0.5, 0.6) is 0 Å². The molecule has 0 aliphatic carbocycles. The Morgan fingerprint density at radius 2 is 2.00 bits per heavy atom. The lowest BCUT2D eigenvalue weighted by Gasteiger charge is -2.11. The first-order valence-electron chi connectivity index (χ1n) is 6.06. The molecule has 1 aromatic carbocycles. The smallest absolute Gasteiger partial charge is 0.384 e. The molecule has 0 radical (unpaired) electrons. The minimum absolute atomic E-state index is 0.0938. The Hall–Kier alpha value is -0.940. The predicted octanol–water partition coefficient (Wildman–Crippen LogP) is 5.01. The zero-order valence-corrected chi connectivity index (χ0v) is 13.2. The van der Waals surface area contributed by atoms with Crippen LogP contribution in [0, 0.1) is 0 Å². The molecule has 0 spiro atoms. The van der Waals surface area contributed by atoms with E-state index in [4.69, 9.17) is 16.3 Å². The Balaban J connectivity index is 2.98. The van der Waals surface area contributed by atoms with Crippen molar-refractivity contribution in [2.24, 2.45) is 0 Å². The number of unbranched alkanes of at least 4 members (excludes halogenated alkanes) is 1. The Labute approximate surface area is 129 Å². The van der Waals surface area contributed by atoms with Crippen LogP contribution in [0.15, 0.2) is 34.8 Å². The van der Waals surface area contributed by atoms with Gasteiger partial charge in [-0.3, -0.25) is 4.79 Å². The van der Waals surface area contributed by atoms with E-state index in [0.717, 1.165) is 23.4 Å².